The van der Waals surface area contributed by atoms with Crippen molar-refractivity contribution in [1.29, 1.82) is 0 Å². The molecule has 0 spiro atoms. The Hall–Kier alpha value is -2.41. The van der Waals surface area contributed by atoms with Crippen LogP contribution >= 0.6 is 0 Å². The van der Waals surface area contributed by atoms with E-state index >= 15 is 0 Å². The molecule has 1 saturated carbocycles. The van der Waals surface area contributed by atoms with E-state index in [1.165, 1.54) is 20.8 Å². The van der Waals surface area contributed by atoms with E-state index in [-0.39, 0.29) is 12.0 Å². The zero-order chi connectivity index (χ0) is 18.8. The van der Waals surface area contributed by atoms with Crippen LogP contribution in [0, 0.1) is 5.92 Å². The zero-order valence-corrected chi connectivity index (χ0v) is 15.1. The highest BCUT2D eigenvalue weighted by Gasteiger charge is 2.50. The summed E-state index contributed by atoms with van der Waals surface area (Å²) in [4.78, 5) is 34.9. The number of ether oxygens (including phenoxy) is 3. The number of rotatable bonds is 3. The molecule has 0 aromatic heterocycles. The van der Waals surface area contributed by atoms with Gasteiger partial charge in [0.1, 0.15) is 6.10 Å². The van der Waals surface area contributed by atoms with Crippen molar-refractivity contribution >= 4 is 17.9 Å². The van der Waals surface area contributed by atoms with E-state index < -0.39 is 36.2 Å². The quantitative estimate of drug-likeness (QED) is 0.596. The fraction of sp³-hybridized carbons (Fsp3) is 0.526. The minimum absolute atomic E-state index is 0.215. The first kappa shape index (κ1) is 18.4. The van der Waals surface area contributed by atoms with Crippen molar-refractivity contribution in [3.05, 3.63) is 35.5 Å². The predicted molar refractivity (Wildman–Crippen MR) is 91.9 cm³/mol. The third-order valence-corrected chi connectivity index (χ3v) is 4.79. The molecule has 0 amide bonds. The Bertz CT molecular complexity index is 707. The third kappa shape index (κ3) is 3.72. The summed E-state index contributed by atoms with van der Waals surface area (Å²) in [6, 6.07) is -0.294. The highest BCUT2D eigenvalue weighted by Crippen LogP contribution is 2.39. The molecule has 1 fully saturated rings. The number of allylic oxidation sites excluding steroid dienone is 3. The maximum Gasteiger partial charge on any atom is 0.303 e. The smallest absolute Gasteiger partial charge is 0.303 e. The molecule has 1 N–H and O–H groups in total. The van der Waals surface area contributed by atoms with Crippen LogP contribution in [-0.2, 0) is 28.6 Å². The maximum absolute atomic E-state index is 11.7. The molecule has 0 aromatic rings. The minimum Gasteiger partial charge on any atom is -0.458 e. The number of carbonyl (C=O) groups is 3. The Morgan fingerprint density at radius 1 is 0.962 bits per heavy atom. The van der Waals surface area contributed by atoms with Gasteiger partial charge in [0.15, 0.2) is 12.2 Å². The fourth-order valence-corrected chi connectivity index (χ4v) is 3.94. The Morgan fingerprint density at radius 3 is 2.27 bits per heavy atom. The predicted octanol–water partition coefficient (Wildman–Crippen LogP) is 1.20. The van der Waals surface area contributed by atoms with Crippen LogP contribution in [0.2, 0.25) is 0 Å². The van der Waals surface area contributed by atoms with Crippen LogP contribution in [0.4, 0.5) is 0 Å². The van der Waals surface area contributed by atoms with Gasteiger partial charge in [0, 0.05) is 39.7 Å². The summed E-state index contributed by atoms with van der Waals surface area (Å²) in [5.41, 5.74) is 2.15. The summed E-state index contributed by atoms with van der Waals surface area (Å²) in [5.74, 6) is -1.26. The van der Waals surface area contributed by atoms with Crippen molar-refractivity contribution in [3.8, 4) is 0 Å². The molecule has 5 atom stereocenters. The molecular weight excluding hydrogens is 338 g/mol. The lowest BCUT2D eigenvalue weighted by Crippen LogP contribution is -2.61. The number of esters is 3. The van der Waals surface area contributed by atoms with E-state index in [1.54, 1.807) is 0 Å². The number of hydrogen-bond donors (Lipinski definition) is 1. The molecule has 7 nitrogen and oxygen atoms in total. The second-order valence-electron chi connectivity index (χ2n) is 6.72. The van der Waals surface area contributed by atoms with Gasteiger partial charge in [-0.2, -0.15) is 0 Å². The van der Waals surface area contributed by atoms with E-state index in [2.05, 4.69) is 11.4 Å². The molecule has 26 heavy (non-hydrogen) atoms. The van der Waals surface area contributed by atoms with Crippen molar-refractivity contribution in [2.24, 2.45) is 5.92 Å². The number of hydrogen-bond acceptors (Lipinski definition) is 7. The molecule has 1 heterocycles. The first-order valence-corrected chi connectivity index (χ1v) is 8.69. The summed E-state index contributed by atoms with van der Waals surface area (Å²) in [5, 5.41) is 3.40. The van der Waals surface area contributed by atoms with Crippen LogP contribution in [-0.4, -0.2) is 48.8 Å². The normalized spacial score (nSPS) is 32.3. The topological polar surface area (TPSA) is 90.9 Å². The van der Waals surface area contributed by atoms with Crippen LogP contribution in [0.3, 0.4) is 0 Å². The van der Waals surface area contributed by atoms with Gasteiger partial charge in [-0.05, 0) is 11.1 Å². The SMILES string of the molecule is CC(=O)OC1CC2=C3C=CC=CC3CNC2C(OC(C)=O)C1OC(C)=O. The second kappa shape index (κ2) is 7.45. The highest BCUT2D eigenvalue weighted by molar-refractivity contribution is 5.69. The number of nitrogens with one attached hydrogen (secondary N) is 1. The first-order chi connectivity index (χ1) is 12.4. The van der Waals surface area contributed by atoms with Gasteiger partial charge < -0.3 is 19.5 Å². The maximum atomic E-state index is 11.7. The van der Waals surface area contributed by atoms with Gasteiger partial charge in [0.25, 0.3) is 0 Å². The molecule has 0 saturated heterocycles. The molecule has 0 bridgehead atoms. The Morgan fingerprint density at radius 2 is 1.62 bits per heavy atom. The summed E-state index contributed by atoms with van der Waals surface area (Å²) in [6.45, 7) is 4.58. The molecule has 2 aliphatic carbocycles. The van der Waals surface area contributed by atoms with Crippen LogP contribution in [0.25, 0.3) is 0 Å². The minimum atomic E-state index is -0.859. The van der Waals surface area contributed by atoms with Crippen LogP contribution in [0.1, 0.15) is 27.2 Å². The van der Waals surface area contributed by atoms with Gasteiger partial charge in [-0.25, -0.2) is 0 Å². The molecule has 0 radical (unpaired) electrons. The fourth-order valence-electron chi connectivity index (χ4n) is 3.94. The highest BCUT2D eigenvalue weighted by atomic mass is 16.6. The van der Waals surface area contributed by atoms with E-state index in [4.69, 9.17) is 14.2 Å². The molecule has 0 aromatic carbocycles. The van der Waals surface area contributed by atoms with Gasteiger partial charge in [0.05, 0.1) is 6.04 Å². The van der Waals surface area contributed by atoms with Crippen molar-refractivity contribution in [2.75, 3.05) is 6.54 Å². The van der Waals surface area contributed by atoms with Crippen LogP contribution < -0.4 is 5.32 Å². The van der Waals surface area contributed by atoms with Gasteiger partial charge in [-0.3, -0.25) is 14.4 Å². The molecule has 140 valence electrons. The van der Waals surface area contributed by atoms with E-state index in [0.29, 0.717) is 13.0 Å². The lowest BCUT2D eigenvalue weighted by atomic mass is 9.74. The van der Waals surface area contributed by atoms with Gasteiger partial charge >= 0.3 is 17.9 Å². The monoisotopic (exact) mass is 361 g/mol. The summed E-state index contributed by atoms with van der Waals surface area (Å²) in [6.07, 6.45) is 6.17. The van der Waals surface area contributed by atoms with Crippen molar-refractivity contribution < 1.29 is 28.6 Å². The van der Waals surface area contributed by atoms with Crippen molar-refractivity contribution in [1.82, 2.24) is 5.32 Å². The summed E-state index contributed by atoms with van der Waals surface area (Å²) >= 11 is 0. The Balaban J connectivity index is 2.02. The zero-order valence-electron chi connectivity index (χ0n) is 15.1. The Kier molecular flexibility index (Phi) is 5.27. The summed E-state index contributed by atoms with van der Waals surface area (Å²) < 4.78 is 16.4. The van der Waals surface area contributed by atoms with Crippen LogP contribution in [0.5, 0.6) is 0 Å². The largest absolute Gasteiger partial charge is 0.458 e. The average Bonchev–Trinajstić information content (AvgIpc) is 2.56. The first-order valence-electron chi connectivity index (χ1n) is 8.69. The standard InChI is InChI=1S/C19H23NO6/c1-10(21)24-16-8-15-14-7-5-4-6-13(14)9-20-17(15)19(26-12(3)23)18(16)25-11(2)22/h4-7,13,16-20H,8-9H2,1-3H3. The third-order valence-electron chi connectivity index (χ3n) is 4.79. The van der Waals surface area contributed by atoms with Gasteiger partial charge in [0.2, 0.25) is 0 Å². The van der Waals surface area contributed by atoms with E-state index in [1.807, 2.05) is 18.2 Å². The van der Waals surface area contributed by atoms with Crippen molar-refractivity contribution in [3.63, 3.8) is 0 Å². The van der Waals surface area contributed by atoms with Crippen LogP contribution in [0.15, 0.2) is 35.5 Å². The van der Waals surface area contributed by atoms with Gasteiger partial charge in [-0.1, -0.05) is 24.3 Å². The van der Waals surface area contributed by atoms with E-state index in [9.17, 15) is 14.4 Å². The Labute approximate surface area is 152 Å². The lowest BCUT2D eigenvalue weighted by Gasteiger charge is -2.46. The second-order valence-corrected chi connectivity index (χ2v) is 6.72. The lowest BCUT2D eigenvalue weighted by molar-refractivity contribution is -0.189. The molecule has 3 aliphatic rings. The molecular formula is C19H23NO6. The number of carbonyl (C=O) groups excluding carboxylic acids is 3. The molecule has 1 aliphatic heterocycles. The number of fused-ring (bicyclic) bond motifs is 2. The van der Waals surface area contributed by atoms with E-state index in [0.717, 1.165) is 11.1 Å². The molecule has 7 heteroatoms. The molecule has 5 unspecified atom stereocenters. The van der Waals surface area contributed by atoms with Gasteiger partial charge in [-0.15, -0.1) is 0 Å². The van der Waals surface area contributed by atoms with Crippen molar-refractivity contribution in [2.45, 2.75) is 51.5 Å². The average molecular weight is 361 g/mol. The summed E-state index contributed by atoms with van der Waals surface area (Å²) in [7, 11) is 0. The molecule has 3 rings (SSSR count).